The summed E-state index contributed by atoms with van der Waals surface area (Å²) < 4.78 is 47.6. The molecule has 0 aliphatic heterocycles. The summed E-state index contributed by atoms with van der Waals surface area (Å²) in [5, 5.41) is 5.33. The normalized spacial score (nSPS) is 15.1. The number of primary amides is 2. The number of rotatable bonds is 11. The maximum atomic E-state index is 14.0. The molecule has 39 heavy (non-hydrogen) atoms. The summed E-state index contributed by atoms with van der Waals surface area (Å²) in [5.74, 6) is -0.968. The van der Waals surface area contributed by atoms with Crippen molar-refractivity contribution in [3.8, 4) is 10.4 Å². The number of amides is 3. The number of nitrogens with one attached hydrogen (secondary N) is 2. The lowest BCUT2D eigenvalue weighted by Gasteiger charge is -2.21. The van der Waals surface area contributed by atoms with Crippen LogP contribution in [0, 0.1) is 5.92 Å². The quantitative estimate of drug-likeness (QED) is 0.265. The fourth-order valence-electron chi connectivity index (χ4n) is 4.42. The maximum absolute atomic E-state index is 14.0. The average Bonchev–Trinajstić information content (AvgIpc) is 3.49. The van der Waals surface area contributed by atoms with E-state index in [-0.39, 0.29) is 45.5 Å². The largest absolute Gasteiger partial charge is 0.461 e. The predicted molar refractivity (Wildman–Crippen MR) is 145 cm³/mol. The molecule has 8 nitrogen and oxygen atoms in total. The molecule has 212 valence electrons. The van der Waals surface area contributed by atoms with E-state index in [2.05, 4.69) is 10.6 Å². The van der Waals surface area contributed by atoms with Crippen molar-refractivity contribution in [1.29, 1.82) is 0 Å². The van der Waals surface area contributed by atoms with E-state index in [0.717, 1.165) is 43.1 Å². The first-order valence-electron chi connectivity index (χ1n) is 12.7. The Balaban J connectivity index is 1.77. The molecule has 1 saturated carbocycles. The SMILES string of the molecule is CC(C)C[C@H](NCC=Cc1ccc(-c2cc(C(N)=O)c(NC(N)=O)s2)c(C(F)(F)F)c1)C(=O)OC1CCCC1. The second-order valence-electron chi connectivity index (χ2n) is 9.85. The molecule has 2 aromatic rings. The van der Waals surface area contributed by atoms with Crippen molar-refractivity contribution in [2.24, 2.45) is 17.4 Å². The van der Waals surface area contributed by atoms with E-state index in [1.165, 1.54) is 24.3 Å². The van der Waals surface area contributed by atoms with Crippen LogP contribution in [-0.4, -0.2) is 36.6 Å². The van der Waals surface area contributed by atoms with Crippen LogP contribution in [0.15, 0.2) is 30.3 Å². The first kappa shape index (κ1) is 30.2. The number of urea groups is 1. The number of halogens is 3. The zero-order valence-corrected chi connectivity index (χ0v) is 22.6. The number of benzene rings is 1. The van der Waals surface area contributed by atoms with Gasteiger partial charge in [-0.05, 0) is 55.7 Å². The van der Waals surface area contributed by atoms with Crippen LogP contribution in [0.4, 0.5) is 23.0 Å². The Kier molecular flexibility index (Phi) is 10.1. The van der Waals surface area contributed by atoms with Crippen LogP contribution in [0.5, 0.6) is 0 Å². The molecule has 1 aliphatic carbocycles. The van der Waals surface area contributed by atoms with E-state index in [1.54, 1.807) is 6.08 Å². The molecule has 1 aromatic carbocycles. The third kappa shape index (κ3) is 8.56. The molecule has 0 radical (unpaired) electrons. The Morgan fingerprint density at radius 1 is 1.15 bits per heavy atom. The minimum absolute atomic E-state index is 0.0319. The van der Waals surface area contributed by atoms with Crippen LogP contribution in [0.3, 0.4) is 0 Å². The standard InChI is InChI=1S/C27H33F3N4O4S/c1-15(2)12-21(25(36)38-17-7-3-4-8-17)33-11-5-6-16-9-10-18(20(13-16)27(28,29)30)22-14-19(23(31)35)24(39-22)34-26(32)37/h5-6,9-10,13-15,17,21,33H,3-4,7-8,11-12H2,1-2H3,(H2,31,35)(H3,32,34,37)/t21-/m0/s1. The fraction of sp³-hybridized carbons (Fsp3) is 0.444. The van der Waals surface area contributed by atoms with Crippen molar-refractivity contribution in [2.75, 3.05) is 11.9 Å². The van der Waals surface area contributed by atoms with Crippen LogP contribution >= 0.6 is 11.3 Å². The van der Waals surface area contributed by atoms with Crippen LogP contribution in [0.25, 0.3) is 16.5 Å². The number of carbonyl (C=O) groups excluding carboxylic acids is 3. The monoisotopic (exact) mass is 566 g/mol. The highest BCUT2D eigenvalue weighted by Crippen LogP contribution is 2.42. The van der Waals surface area contributed by atoms with Crippen molar-refractivity contribution in [2.45, 2.75) is 64.3 Å². The zero-order valence-electron chi connectivity index (χ0n) is 21.8. The number of esters is 1. The Hall–Kier alpha value is -3.38. The van der Waals surface area contributed by atoms with Gasteiger partial charge >= 0.3 is 18.2 Å². The lowest BCUT2D eigenvalue weighted by Crippen LogP contribution is -2.40. The summed E-state index contributed by atoms with van der Waals surface area (Å²) in [6, 6.07) is 3.51. The molecule has 1 aliphatic rings. The number of ether oxygens (including phenoxy) is 1. The van der Waals surface area contributed by atoms with Gasteiger partial charge in [-0.2, -0.15) is 13.2 Å². The topological polar surface area (TPSA) is 137 Å². The van der Waals surface area contributed by atoms with E-state index in [0.29, 0.717) is 12.0 Å². The molecular formula is C27H33F3N4O4S. The highest BCUT2D eigenvalue weighted by Gasteiger charge is 2.35. The number of hydrogen-bond acceptors (Lipinski definition) is 6. The van der Waals surface area contributed by atoms with Gasteiger partial charge in [0.1, 0.15) is 17.1 Å². The van der Waals surface area contributed by atoms with Crippen molar-refractivity contribution in [3.63, 3.8) is 0 Å². The number of anilines is 1. The summed E-state index contributed by atoms with van der Waals surface area (Å²) in [7, 11) is 0. The predicted octanol–water partition coefficient (Wildman–Crippen LogP) is 5.53. The van der Waals surface area contributed by atoms with Gasteiger partial charge in [-0.1, -0.05) is 38.1 Å². The lowest BCUT2D eigenvalue weighted by molar-refractivity contribution is -0.151. The molecule has 3 amide bonds. The minimum atomic E-state index is -4.70. The Morgan fingerprint density at radius 2 is 1.85 bits per heavy atom. The van der Waals surface area contributed by atoms with Crippen LogP contribution < -0.4 is 22.1 Å². The van der Waals surface area contributed by atoms with Gasteiger partial charge in [0.2, 0.25) is 0 Å². The first-order chi connectivity index (χ1) is 18.3. The van der Waals surface area contributed by atoms with Gasteiger partial charge in [0.05, 0.1) is 11.1 Å². The summed E-state index contributed by atoms with van der Waals surface area (Å²) in [5.41, 5.74) is 9.48. The van der Waals surface area contributed by atoms with Crippen molar-refractivity contribution in [1.82, 2.24) is 5.32 Å². The van der Waals surface area contributed by atoms with E-state index in [4.69, 9.17) is 16.2 Å². The lowest BCUT2D eigenvalue weighted by atomic mass is 10.0. The molecule has 3 rings (SSSR count). The van der Waals surface area contributed by atoms with Gasteiger partial charge in [0.15, 0.2) is 0 Å². The molecule has 0 spiro atoms. The molecule has 12 heteroatoms. The van der Waals surface area contributed by atoms with Gasteiger partial charge in [-0.25, -0.2) is 4.79 Å². The Morgan fingerprint density at radius 3 is 2.44 bits per heavy atom. The maximum Gasteiger partial charge on any atom is 0.417 e. The average molecular weight is 567 g/mol. The summed E-state index contributed by atoms with van der Waals surface area (Å²) in [4.78, 5) is 35.7. The molecule has 0 saturated heterocycles. The molecule has 1 fully saturated rings. The number of hydrogen-bond donors (Lipinski definition) is 4. The van der Waals surface area contributed by atoms with Crippen molar-refractivity contribution < 1.29 is 32.3 Å². The number of thiophene rings is 1. The van der Waals surface area contributed by atoms with E-state index in [1.807, 2.05) is 13.8 Å². The van der Waals surface area contributed by atoms with Gasteiger partial charge < -0.3 is 21.5 Å². The second-order valence-corrected chi connectivity index (χ2v) is 10.9. The van der Waals surface area contributed by atoms with E-state index < -0.39 is 29.7 Å². The number of carbonyl (C=O) groups is 3. The number of nitrogens with two attached hydrogens (primary N) is 2. The molecule has 1 aromatic heterocycles. The summed E-state index contributed by atoms with van der Waals surface area (Å²) in [6.07, 6.45) is 2.85. The van der Waals surface area contributed by atoms with Crippen molar-refractivity contribution in [3.05, 3.63) is 47.0 Å². The molecule has 0 bridgehead atoms. The number of alkyl halides is 3. The Bertz CT molecular complexity index is 1220. The molecule has 1 heterocycles. The molecular weight excluding hydrogens is 533 g/mol. The summed E-state index contributed by atoms with van der Waals surface area (Å²) in [6.45, 7) is 4.26. The highest BCUT2D eigenvalue weighted by atomic mass is 32.1. The highest BCUT2D eigenvalue weighted by molar-refractivity contribution is 7.20. The smallest absolute Gasteiger partial charge is 0.417 e. The zero-order chi connectivity index (χ0) is 28.7. The molecule has 6 N–H and O–H groups in total. The van der Waals surface area contributed by atoms with Gasteiger partial charge in [-0.15, -0.1) is 11.3 Å². The third-order valence-corrected chi connectivity index (χ3v) is 7.30. The summed E-state index contributed by atoms with van der Waals surface area (Å²) >= 11 is 0.764. The fourth-order valence-corrected chi connectivity index (χ4v) is 5.52. The Labute approximate surface area is 229 Å². The van der Waals surface area contributed by atoms with E-state index in [9.17, 15) is 27.6 Å². The third-order valence-electron chi connectivity index (χ3n) is 6.22. The minimum Gasteiger partial charge on any atom is -0.461 e. The molecule has 0 unspecified atom stereocenters. The van der Waals surface area contributed by atoms with Gasteiger partial charge in [-0.3, -0.25) is 14.9 Å². The van der Waals surface area contributed by atoms with Crippen LogP contribution in [0.2, 0.25) is 0 Å². The molecule has 1 atom stereocenters. The van der Waals surface area contributed by atoms with E-state index >= 15 is 0 Å². The second kappa shape index (κ2) is 13.1. The van der Waals surface area contributed by atoms with Crippen molar-refractivity contribution >= 4 is 40.3 Å². The van der Waals surface area contributed by atoms with Crippen LogP contribution in [0.1, 0.15) is 67.4 Å². The van der Waals surface area contributed by atoms with Gasteiger partial charge in [0.25, 0.3) is 5.91 Å². The van der Waals surface area contributed by atoms with Gasteiger partial charge in [0, 0.05) is 17.0 Å². The first-order valence-corrected chi connectivity index (χ1v) is 13.5. The van der Waals surface area contributed by atoms with Crippen LogP contribution in [-0.2, 0) is 15.7 Å².